The van der Waals surface area contributed by atoms with Gasteiger partial charge in [0.1, 0.15) is 0 Å². The van der Waals surface area contributed by atoms with Gasteiger partial charge in [0.05, 0.1) is 11.4 Å². The SMILES string of the molecule is Cc1cc(C)n(-c2nc(CCNC(=O)NCc3ccccc3)cs2)n1. The summed E-state index contributed by atoms with van der Waals surface area (Å²) in [5.74, 6) is 0. The lowest BCUT2D eigenvalue weighted by Crippen LogP contribution is -2.36. The van der Waals surface area contributed by atoms with Crippen molar-refractivity contribution in [3.8, 4) is 5.13 Å². The third-order valence-corrected chi connectivity index (χ3v) is 4.56. The smallest absolute Gasteiger partial charge is 0.315 e. The lowest BCUT2D eigenvalue weighted by atomic mass is 10.2. The van der Waals surface area contributed by atoms with E-state index in [1.54, 1.807) is 11.3 Å². The molecule has 2 aromatic heterocycles. The Kier molecular flexibility index (Phi) is 5.45. The maximum atomic E-state index is 11.8. The molecule has 0 radical (unpaired) electrons. The summed E-state index contributed by atoms with van der Waals surface area (Å²) in [5.41, 5.74) is 4.07. The summed E-state index contributed by atoms with van der Waals surface area (Å²) in [7, 11) is 0. The molecule has 0 spiro atoms. The van der Waals surface area contributed by atoms with Crippen LogP contribution in [0.25, 0.3) is 5.13 Å². The molecule has 0 aliphatic rings. The average Bonchev–Trinajstić information content (AvgIpc) is 3.20. The molecule has 0 bridgehead atoms. The van der Waals surface area contributed by atoms with Crippen molar-refractivity contribution < 1.29 is 4.79 Å². The molecule has 25 heavy (non-hydrogen) atoms. The second kappa shape index (κ2) is 7.94. The van der Waals surface area contributed by atoms with Gasteiger partial charge in [-0.3, -0.25) is 0 Å². The fourth-order valence-corrected chi connectivity index (χ4v) is 3.34. The molecule has 1 aromatic carbocycles. The summed E-state index contributed by atoms with van der Waals surface area (Å²) < 4.78 is 1.85. The molecule has 3 aromatic rings. The number of nitrogens with zero attached hydrogens (tertiary/aromatic N) is 3. The van der Waals surface area contributed by atoms with Gasteiger partial charge < -0.3 is 10.6 Å². The molecule has 7 heteroatoms. The second-order valence-corrected chi connectivity index (χ2v) is 6.64. The van der Waals surface area contributed by atoms with Gasteiger partial charge in [-0.15, -0.1) is 11.3 Å². The highest BCUT2D eigenvalue weighted by atomic mass is 32.1. The van der Waals surface area contributed by atoms with E-state index in [0.29, 0.717) is 19.5 Å². The van der Waals surface area contributed by atoms with E-state index in [0.717, 1.165) is 27.8 Å². The first kappa shape index (κ1) is 17.2. The van der Waals surface area contributed by atoms with Crippen LogP contribution in [-0.2, 0) is 13.0 Å². The third kappa shape index (κ3) is 4.67. The van der Waals surface area contributed by atoms with Crippen LogP contribution in [0.3, 0.4) is 0 Å². The van der Waals surface area contributed by atoms with Gasteiger partial charge in [0.2, 0.25) is 5.13 Å². The minimum Gasteiger partial charge on any atom is -0.338 e. The van der Waals surface area contributed by atoms with E-state index in [2.05, 4.69) is 20.7 Å². The Labute approximate surface area is 150 Å². The lowest BCUT2D eigenvalue weighted by molar-refractivity contribution is 0.240. The number of hydrogen-bond donors (Lipinski definition) is 2. The number of hydrogen-bond acceptors (Lipinski definition) is 4. The van der Waals surface area contributed by atoms with Crippen molar-refractivity contribution in [1.82, 2.24) is 25.4 Å². The molecule has 130 valence electrons. The van der Waals surface area contributed by atoms with E-state index >= 15 is 0 Å². The van der Waals surface area contributed by atoms with Gasteiger partial charge in [0, 0.05) is 30.6 Å². The van der Waals surface area contributed by atoms with E-state index in [9.17, 15) is 4.79 Å². The Hall–Kier alpha value is -2.67. The number of aryl methyl sites for hydroxylation is 2. The van der Waals surface area contributed by atoms with E-state index in [-0.39, 0.29) is 6.03 Å². The van der Waals surface area contributed by atoms with E-state index in [4.69, 9.17) is 0 Å². The minimum absolute atomic E-state index is 0.169. The maximum Gasteiger partial charge on any atom is 0.315 e. The Morgan fingerprint density at radius 3 is 2.72 bits per heavy atom. The Morgan fingerprint density at radius 2 is 2.00 bits per heavy atom. The average molecular weight is 355 g/mol. The second-order valence-electron chi connectivity index (χ2n) is 5.81. The molecule has 3 rings (SSSR count). The van der Waals surface area contributed by atoms with Gasteiger partial charge in [0.15, 0.2) is 0 Å². The number of urea groups is 1. The summed E-state index contributed by atoms with van der Waals surface area (Å²) in [6, 6.07) is 11.7. The zero-order valence-electron chi connectivity index (χ0n) is 14.3. The van der Waals surface area contributed by atoms with Crippen molar-refractivity contribution in [2.24, 2.45) is 0 Å². The number of carbonyl (C=O) groups is 1. The van der Waals surface area contributed by atoms with Crippen molar-refractivity contribution in [3.05, 3.63) is 64.4 Å². The molecule has 0 unspecified atom stereocenters. The molecule has 0 saturated heterocycles. The number of nitrogens with one attached hydrogen (secondary N) is 2. The van der Waals surface area contributed by atoms with Crippen LogP contribution in [0.5, 0.6) is 0 Å². The molecule has 2 N–H and O–H groups in total. The van der Waals surface area contributed by atoms with Crippen molar-refractivity contribution in [2.75, 3.05) is 6.54 Å². The predicted molar refractivity (Wildman–Crippen MR) is 99.1 cm³/mol. The van der Waals surface area contributed by atoms with Gasteiger partial charge in [-0.05, 0) is 25.5 Å². The van der Waals surface area contributed by atoms with Crippen LogP contribution < -0.4 is 10.6 Å². The van der Waals surface area contributed by atoms with Gasteiger partial charge >= 0.3 is 6.03 Å². The lowest BCUT2D eigenvalue weighted by Gasteiger charge is -2.07. The summed E-state index contributed by atoms with van der Waals surface area (Å²) in [5, 5.41) is 13.0. The fraction of sp³-hybridized carbons (Fsp3) is 0.278. The van der Waals surface area contributed by atoms with Crippen LogP contribution >= 0.6 is 11.3 Å². The Bertz CT molecular complexity index is 840. The summed E-state index contributed by atoms with van der Waals surface area (Å²) in [6.45, 7) is 5.04. The first-order valence-electron chi connectivity index (χ1n) is 8.15. The Balaban J connectivity index is 1.45. The van der Waals surface area contributed by atoms with E-state index < -0.39 is 0 Å². The maximum absolute atomic E-state index is 11.8. The first-order valence-corrected chi connectivity index (χ1v) is 9.03. The highest BCUT2D eigenvalue weighted by Crippen LogP contribution is 2.17. The number of carbonyl (C=O) groups excluding carboxylic acids is 1. The summed E-state index contributed by atoms with van der Waals surface area (Å²) >= 11 is 1.56. The van der Waals surface area contributed by atoms with Crippen molar-refractivity contribution >= 4 is 17.4 Å². The normalized spacial score (nSPS) is 10.6. The predicted octanol–water partition coefficient (Wildman–Crippen LogP) is 2.99. The molecule has 0 atom stereocenters. The van der Waals surface area contributed by atoms with Crippen molar-refractivity contribution in [1.29, 1.82) is 0 Å². The molecular formula is C18H21N5OS. The summed E-state index contributed by atoms with van der Waals surface area (Å²) in [6.07, 6.45) is 0.689. The zero-order valence-corrected chi connectivity index (χ0v) is 15.1. The third-order valence-electron chi connectivity index (χ3n) is 3.69. The first-order chi connectivity index (χ1) is 12.1. The van der Waals surface area contributed by atoms with Crippen LogP contribution in [0.4, 0.5) is 4.79 Å². The molecule has 0 aliphatic carbocycles. The molecule has 0 fully saturated rings. The highest BCUT2D eigenvalue weighted by molar-refractivity contribution is 7.12. The van der Waals surface area contributed by atoms with Gasteiger partial charge in [-0.25, -0.2) is 14.5 Å². The largest absolute Gasteiger partial charge is 0.338 e. The Morgan fingerprint density at radius 1 is 1.20 bits per heavy atom. The number of benzene rings is 1. The fourth-order valence-electron chi connectivity index (χ4n) is 2.48. The molecule has 6 nitrogen and oxygen atoms in total. The molecular weight excluding hydrogens is 334 g/mol. The number of rotatable bonds is 6. The van der Waals surface area contributed by atoms with Crippen LogP contribution in [0.1, 0.15) is 22.6 Å². The van der Waals surface area contributed by atoms with Gasteiger partial charge in [0.25, 0.3) is 0 Å². The van der Waals surface area contributed by atoms with Crippen LogP contribution in [0, 0.1) is 13.8 Å². The number of aromatic nitrogens is 3. The number of amides is 2. The van der Waals surface area contributed by atoms with E-state index in [1.807, 2.05) is 60.3 Å². The molecule has 0 saturated carbocycles. The summed E-state index contributed by atoms with van der Waals surface area (Å²) in [4.78, 5) is 16.4. The van der Waals surface area contributed by atoms with Crippen LogP contribution in [0.2, 0.25) is 0 Å². The number of thiazole rings is 1. The quantitative estimate of drug-likeness (QED) is 0.714. The van der Waals surface area contributed by atoms with Crippen molar-refractivity contribution in [3.63, 3.8) is 0 Å². The van der Waals surface area contributed by atoms with Crippen LogP contribution in [0.15, 0.2) is 41.8 Å². The molecule has 2 amide bonds. The van der Waals surface area contributed by atoms with E-state index in [1.165, 1.54) is 0 Å². The molecule has 0 aliphatic heterocycles. The van der Waals surface area contributed by atoms with Gasteiger partial charge in [-0.1, -0.05) is 30.3 Å². The van der Waals surface area contributed by atoms with Crippen molar-refractivity contribution in [2.45, 2.75) is 26.8 Å². The van der Waals surface area contributed by atoms with Crippen LogP contribution in [-0.4, -0.2) is 27.3 Å². The standard InChI is InChI=1S/C18H21N5OS/c1-13-10-14(2)23(22-13)18-21-16(12-25-18)8-9-19-17(24)20-11-15-6-4-3-5-7-15/h3-7,10,12H,8-9,11H2,1-2H3,(H2,19,20,24). The zero-order chi connectivity index (χ0) is 17.6. The minimum atomic E-state index is -0.169. The highest BCUT2D eigenvalue weighted by Gasteiger charge is 2.09. The molecule has 2 heterocycles. The van der Waals surface area contributed by atoms with Gasteiger partial charge in [-0.2, -0.15) is 5.10 Å². The topological polar surface area (TPSA) is 71.8 Å². The monoisotopic (exact) mass is 355 g/mol.